The Morgan fingerprint density at radius 2 is 0.390 bits per heavy atom. The molecule has 1 aliphatic heterocycles. The second-order valence-electron chi connectivity index (χ2n) is 38.9. The van der Waals surface area contributed by atoms with Crippen molar-refractivity contribution in [2.75, 3.05) is 9.80 Å². The van der Waals surface area contributed by atoms with Crippen LogP contribution in [0.5, 0.6) is 0 Å². The van der Waals surface area contributed by atoms with E-state index in [9.17, 15) is 0 Å². The summed E-state index contributed by atoms with van der Waals surface area (Å²) >= 11 is 0. The van der Waals surface area contributed by atoms with Gasteiger partial charge in [-0.1, -0.05) is 477 Å². The lowest BCUT2D eigenvalue weighted by Crippen LogP contribution is -2.41. The molecule has 0 spiro atoms. The standard InChI is InChI=1S/C142H100N2O2/c1-91(2)112-65-39-66-113(92(3)4)140(112)144-141(145)120-85-83-118-116-68-40-67-115-114(81-82-117(137(115)116)119-84-86-121(142(144)146)139(120)138(118)119)107-63-38-64-108(87-107)136-132(103-55-30-12-31-56-103)124(95-45-20-7-21-46-95)90-127(133(136)104-57-32-13-33-58-104)98-73-79-111(80-74-98)143(109-75-69-96(70-76-109)125-88-122(93-41-16-5-17-42-93)128(99-47-22-8-23-48-99)134(105-59-34-14-35-60-105)130(125)101-51-26-10-27-52-101)110-77-71-97(72-78-110)126-89-123(94-43-18-6-19-44-94)129(100-49-24-9-25-50-100)135(106-61-36-15-37-62-106)131(126)102-53-28-11-29-54-102/h5-92H,1-4H3. The van der Waals surface area contributed by atoms with Gasteiger partial charge in [-0.05, 0) is 311 Å². The molecule has 0 bridgehead atoms. The van der Waals surface area contributed by atoms with Gasteiger partial charge in [0.2, 0.25) is 0 Å². The number of rotatable bonds is 22. The first kappa shape index (κ1) is 88.9. The van der Waals surface area contributed by atoms with Crippen LogP contribution in [0.1, 0.15) is 71.4 Å². The summed E-state index contributed by atoms with van der Waals surface area (Å²) in [5, 5.41) is 8.02. The highest BCUT2D eigenvalue weighted by atomic mass is 16.2. The van der Waals surface area contributed by atoms with Gasteiger partial charge in [0, 0.05) is 33.6 Å². The van der Waals surface area contributed by atoms with Crippen LogP contribution in [0.25, 0.3) is 221 Å². The van der Waals surface area contributed by atoms with Crippen LogP contribution in [0.2, 0.25) is 0 Å². The first-order valence-corrected chi connectivity index (χ1v) is 50.6. The summed E-state index contributed by atoms with van der Waals surface area (Å²) < 4.78 is 0. The Bertz CT molecular complexity index is 8730. The molecule has 2 amide bonds. The van der Waals surface area contributed by atoms with Crippen LogP contribution in [0.15, 0.2) is 522 Å². The summed E-state index contributed by atoms with van der Waals surface area (Å²) in [7, 11) is 0. The number of hydrogen-bond acceptors (Lipinski definition) is 3. The summed E-state index contributed by atoms with van der Waals surface area (Å²) in [6, 6.07) is 191. The maximum atomic E-state index is 15.4. The Labute approximate surface area is 852 Å². The maximum absolute atomic E-state index is 15.4. The Balaban J connectivity index is 0.679. The average molecular weight is 1870 g/mol. The highest BCUT2D eigenvalue weighted by Crippen LogP contribution is 2.58. The molecule has 0 saturated carbocycles. The van der Waals surface area contributed by atoms with E-state index in [2.05, 4.69) is 542 Å². The van der Waals surface area contributed by atoms with Crippen LogP contribution < -0.4 is 9.80 Å². The van der Waals surface area contributed by atoms with E-state index in [1.807, 2.05) is 12.1 Å². The second-order valence-corrected chi connectivity index (χ2v) is 38.9. The fraction of sp³-hybridized carbons (Fsp3) is 0.0423. The van der Waals surface area contributed by atoms with Gasteiger partial charge in [0.25, 0.3) is 11.8 Å². The number of imide groups is 1. The Hall–Kier alpha value is -18.5. The van der Waals surface area contributed by atoms with Crippen molar-refractivity contribution >= 4 is 77.7 Å². The van der Waals surface area contributed by atoms with Crippen molar-refractivity contribution in [3.8, 4) is 178 Å². The molecule has 25 rings (SSSR count). The van der Waals surface area contributed by atoms with E-state index in [0.29, 0.717) is 22.2 Å². The van der Waals surface area contributed by atoms with E-state index in [4.69, 9.17) is 0 Å². The number of nitrogens with zero attached hydrogens (tertiary/aromatic N) is 2. The third-order valence-electron chi connectivity index (χ3n) is 29.7. The van der Waals surface area contributed by atoms with Gasteiger partial charge in [-0.25, -0.2) is 4.90 Å². The van der Waals surface area contributed by atoms with Crippen LogP contribution in [-0.2, 0) is 0 Å². The summed E-state index contributed by atoms with van der Waals surface area (Å²) in [5.74, 6) is -0.433. The van der Waals surface area contributed by atoms with E-state index < -0.39 is 0 Å². The zero-order chi connectivity index (χ0) is 98.0. The molecule has 24 aromatic carbocycles. The number of amides is 2. The van der Waals surface area contributed by atoms with Crippen LogP contribution in [-0.4, -0.2) is 11.8 Å². The molecule has 0 N–H and O–H groups in total. The number of carbonyl (C=O) groups excluding carboxylic acids is 2. The lowest BCUT2D eigenvalue weighted by molar-refractivity contribution is 0.0892. The zero-order valence-corrected chi connectivity index (χ0v) is 81.5. The Morgan fingerprint density at radius 3 is 0.692 bits per heavy atom. The minimum atomic E-state index is -0.293. The fourth-order valence-electron chi connectivity index (χ4n) is 23.1. The van der Waals surface area contributed by atoms with E-state index in [-0.39, 0.29) is 23.7 Å². The molecule has 146 heavy (non-hydrogen) atoms. The Morgan fingerprint density at radius 1 is 0.164 bits per heavy atom. The van der Waals surface area contributed by atoms with Crippen molar-refractivity contribution in [3.05, 3.63) is 544 Å². The normalized spacial score (nSPS) is 12.0. The fourth-order valence-corrected chi connectivity index (χ4v) is 23.1. The predicted molar refractivity (Wildman–Crippen MR) is 615 cm³/mol. The number of anilines is 4. The first-order chi connectivity index (χ1) is 72.0. The van der Waals surface area contributed by atoms with Crippen molar-refractivity contribution in [1.29, 1.82) is 0 Å². The molecule has 0 atom stereocenters. The summed E-state index contributed by atoms with van der Waals surface area (Å²) in [6.45, 7) is 8.52. The summed E-state index contributed by atoms with van der Waals surface area (Å²) in [4.78, 5) is 34.8. The molecule has 0 aliphatic carbocycles. The van der Waals surface area contributed by atoms with Gasteiger partial charge in [0.1, 0.15) is 0 Å². The maximum Gasteiger partial charge on any atom is 0.266 e. The van der Waals surface area contributed by atoms with E-state index in [0.717, 1.165) is 222 Å². The van der Waals surface area contributed by atoms with Crippen molar-refractivity contribution in [3.63, 3.8) is 0 Å². The van der Waals surface area contributed by atoms with E-state index in [1.165, 1.54) is 27.2 Å². The van der Waals surface area contributed by atoms with Crippen LogP contribution >= 0.6 is 0 Å². The largest absolute Gasteiger partial charge is 0.311 e. The third kappa shape index (κ3) is 15.7. The number of para-hydroxylation sites is 1. The Kier molecular flexibility index (Phi) is 23.0. The second kappa shape index (κ2) is 37.8. The monoisotopic (exact) mass is 1860 g/mol. The van der Waals surface area contributed by atoms with Crippen molar-refractivity contribution in [2.45, 2.75) is 39.5 Å². The quantitative estimate of drug-likeness (QED) is 0.0386. The molecular weight excluding hydrogens is 1770 g/mol. The lowest BCUT2D eigenvalue weighted by atomic mass is 9.78. The molecule has 1 heterocycles. The predicted octanol–water partition coefficient (Wildman–Crippen LogP) is 38.9. The number of fused-ring (bicyclic) bond motifs is 2. The summed E-state index contributed by atoms with van der Waals surface area (Å²) in [5.41, 5.74) is 42.5. The SMILES string of the molecule is CC(C)c1cccc(C(C)C)c1N1C(=O)c2ccc3c4cccc5c(-c6cccc(-c7c(-c8ccccc8)c(-c8ccccc8)cc(-c8ccc(N(c9ccc(-c%10cc(-c%11ccccc%11)c(-c%11ccccc%11)c(-c%11ccccc%11)c%10-c%10ccccc%10)cc9)c9ccc(-c%10cc(-c%11ccccc%11)c(-c%11ccccc%11)c(-c%11ccccc%11)c%10-c%10ccccc%10)cc9)cc8)c7-c7ccccc7)c6)ccc(c6ccc(c2c36)C1=O)c54. The topological polar surface area (TPSA) is 40.6 Å². The first-order valence-electron chi connectivity index (χ1n) is 50.6. The van der Waals surface area contributed by atoms with Crippen LogP contribution in [0, 0.1) is 0 Å². The molecule has 1 aliphatic rings. The number of hydrogen-bond donors (Lipinski definition) is 0. The molecule has 0 radical (unpaired) electrons. The molecule has 4 nitrogen and oxygen atoms in total. The van der Waals surface area contributed by atoms with Gasteiger partial charge >= 0.3 is 0 Å². The smallest absolute Gasteiger partial charge is 0.266 e. The van der Waals surface area contributed by atoms with Gasteiger partial charge in [-0.3, -0.25) is 9.59 Å². The van der Waals surface area contributed by atoms with Gasteiger partial charge in [0.05, 0.1) is 5.69 Å². The van der Waals surface area contributed by atoms with Gasteiger partial charge < -0.3 is 4.90 Å². The van der Waals surface area contributed by atoms with E-state index >= 15 is 9.59 Å². The molecule has 0 unspecified atom stereocenters. The van der Waals surface area contributed by atoms with Crippen molar-refractivity contribution < 1.29 is 9.59 Å². The minimum absolute atomic E-state index is 0.0767. The molecule has 24 aromatic rings. The van der Waals surface area contributed by atoms with E-state index in [1.54, 1.807) is 0 Å². The number of carbonyl (C=O) groups is 2. The summed E-state index contributed by atoms with van der Waals surface area (Å²) in [6.07, 6.45) is 0. The van der Waals surface area contributed by atoms with Crippen LogP contribution in [0.4, 0.5) is 22.7 Å². The molecule has 0 fully saturated rings. The lowest BCUT2D eigenvalue weighted by Gasteiger charge is -2.32. The van der Waals surface area contributed by atoms with Crippen molar-refractivity contribution in [1.82, 2.24) is 0 Å². The highest BCUT2D eigenvalue weighted by Gasteiger charge is 2.39. The highest BCUT2D eigenvalue weighted by molar-refractivity contribution is 6.43. The number of benzene rings is 24. The molecule has 4 heteroatoms. The van der Waals surface area contributed by atoms with Gasteiger partial charge in [-0.2, -0.15) is 0 Å². The van der Waals surface area contributed by atoms with Crippen molar-refractivity contribution in [2.24, 2.45) is 0 Å². The minimum Gasteiger partial charge on any atom is -0.311 e. The third-order valence-corrected chi connectivity index (χ3v) is 29.7. The van der Waals surface area contributed by atoms with Gasteiger partial charge in [0.15, 0.2) is 0 Å². The zero-order valence-electron chi connectivity index (χ0n) is 81.5. The molecule has 690 valence electrons. The van der Waals surface area contributed by atoms with Gasteiger partial charge in [-0.15, -0.1) is 0 Å². The average Bonchev–Trinajstić information content (AvgIpc) is 0.692. The van der Waals surface area contributed by atoms with Crippen LogP contribution in [0.3, 0.4) is 0 Å². The molecule has 0 saturated heterocycles. The molecular formula is C142H100N2O2. The molecule has 0 aromatic heterocycles.